The van der Waals surface area contributed by atoms with Crippen molar-refractivity contribution in [3.8, 4) is 10.6 Å². The molecule has 1 aliphatic rings. The second-order valence-electron chi connectivity index (χ2n) is 4.18. The van der Waals surface area contributed by atoms with Gasteiger partial charge in [0.25, 0.3) is 0 Å². The van der Waals surface area contributed by atoms with Crippen molar-refractivity contribution in [2.75, 3.05) is 0 Å². The van der Waals surface area contributed by atoms with E-state index >= 15 is 0 Å². The van der Waals surface area contributed by atoms with Crippen LogP contribution in [0.25, 0.3) is 10.6 Å². The average molecular weight is 234 g/mol. The predicted molar refractivity (Wildman–Crippen MR) is 64.4 cm³/mol. The molecule has 0 radical (unpaired) electrons. The Morgan fingerprint density at radius 3 is 3.06 bits per heavy atom. The van der Waals surface area contributed by atoms with Crippen LogP contribution in [0.1, 0.15) is 23.6 Å². The number of oxazole rings is 1. The second kappa shape index (κ2) is 4.03. The fourth-order valence-electron chi connectivity index (χ4n) is 1.59. The summed E-state index contributed by atoms with van der Waals surface area (Å²) in [7, 11) is 0. The third kappa shape index (κ3) is 2.18. The van der Waals surface area contributed by atoms with E-state index in [0.29, 0.717) is 6.04 Å². The Balaban J connectivity index is 1.71. The van der Waals surface area contributed by atoms with Crippen LogP contribution in [0.2, 0.25) is 0 Å². The molecule has 16 heavy (non-hydrogen) atoms. The molecule has 1 fully saturated rings. The number of nitrogens with one attached hydrogen (secondary N) is 1. The zero-order valence-electron chi connectivity index (χ0n) is 9.19. The minimum atomic E-state index is 0.694. The van der Waals surface area contributed by atoms with Crippen LogP contribution >= 0.6 is 11.3 Å². The topological polar surface area (TPSA) is 38.1 Å². The summed E-state index contributed by atoms with van der Waals surface area (Å²) >= 11 is 1.74. The van der Waals surface area contributed by atoms with E-state index in [1.165, 1.54) is 17.7 Å². The molecule has 2 aromatic heterocycles. The van der Waals surface area contributed by atoms with Crippen LogP contribution in [0.3, 0.4) is 0 Å². The van der Waals surface area contributed by atoms with Gasteiger partial charge in [-0.15, -0.1) is 11.3 Å². The first-order valence-corrected chi connectivity index (χ1v) is 6.38. The SMILES string of the molecule is Cc1ccc(-c2cnc(CNC3CC3)o2)s1. The lowest BCUT2D eigenvalue weighted by Gasteiger charge is -1.96. The molecule has 2 heterocycles. The maximum atomic E-state index is 5.70. The summed E-state index contributed by atoms with van der Waals surface area (Å²) in [4.78, 5) is 6.73. The number of thiophene rings is 1. The lowest BCUT2D eigenvalue weighted by atomic mass is 10.4. The number of aryl methyl sites for hydroxylation is 1. The highest BCUT2D eigenvalue weighted by atomic mass is 32.1. The molecule has 0 unspecified atom stereocenters. The molecule has 1 saturated carbocycles. The first-order chi connectivity index (χ1) is 7.81. The maximum absolute atomic E-state index is 5.70. The Kier molecular flexibility index (Phi) is 2.53. The van der Waals surface area contributed by atoms with Crippen LogP contribution in [0, 0.1) is 6.92 Å². The summed E-state index contributed by atoms with van der Waals surface area (Å²) in [6.07, 6.45) is 4.39. The molecule has 84 valence electrons. The summed E-state index contributed by atoms with van der Waals surface area (Å²) in [6.45, 7) is 2.84. The average Bonchev–Trinajstić information content (AvgIpc) is 2.81. The summed E-state index contributed by atoms with van der Waals surface area (Å²) in [6, 6.07) is 4.88. The van der Waals surface area contributed by atoms with Crippen molar-refractivity contribution in [3.05, 3.63) is 29.1 Å². The molecular weight excluding hydrogens is 220 g/mol. The third-order valence-electron chi connectivity index (χ3n) is 2.66. The molecule has 0 saturated heterocycles. The third-order valence-corrected chi connectivity index (χ3v) is 3.67. The smallest absolute Gasteiger partial charge is 0.208 e. The number of hydrogen-bond donors (Lipinski definition) is 1. The van der Waals surface area contributed by atoms with Gasteiger partial charge in [-0.1, -0.05) is 0 Å². The fourth-order valence-corrected chi connectivity index (χ4v) is 2.41. The summed E-state index contributed by atoms with van der Waals surface area (Å²) in [5.41, 5.74) is 0. The molecule has 1 aliphatic carbocycles. The zero-order valence-corrected chi connectivity index (χ0v) is 10.0. The number of hydrogen-bond acceptors (Lipinski definition) is 4. The Bertz CT molecular complexity index is 485. The van der Waals surface area contributed by atoms with Crippen molar-refractivity contribution in [1.82, 2.24) is 10.3 Å². The fraction of sp³-hybridized carbons (Fsp3) is 0.417. The first kappa shape index (κ1) is 10.1. The molecule has 3 rings (SSSR count). The van der Waals surface area contributed by atoms with Gasteiger partial charge < -0.3 is 9.73 Å². The van der Waals surface area contributed by atoms with E-state index in [4.69, 9.17) is 4.42 Å². The van der Waals surface area contributed by atoms with E-state index in [9.17, 15) is 0 Å². The lowest BCUT2D eigenvalue weighted by molar-refractivity contribution is 0.477. The van der Waals surface area contributed by atoms with Crippen molar-refractivity contribution < 1.29 is 4.42 Å². The highest BCUT2D eigenvalue weighted by Crippen LogP contribution is 2.28. The molecule has 3 nitrogen and oxygen atoms in total. The molecule has 4 heteroatoms. The Morgan fingerprint density at radius 2 is 2.38 bits per heavy atom. The van der Waals surface area contributed by atoms with E-state index in [0.717, 1.165) is 23.1 Å². The molecule has 0 aliphatic heterocycles. The van der Waals surface area contributed by atoms with Crippen LogP contribution < -0.4 is 5.32 Å². The maximum Gasteiger partial charge on any atom is 0.208 e. The lowest BCUT2D eigenvalue weighted by Crippen LogP contribution is -2.15. The monoisotopic (exact) mass is 234 g/mol. The van der Waals surface area contributed by atoms with Gasteiger partial charge in [0, 0.05) is 10.9 Å². The van der Waals surface area contributed by atoms with Crippen molar-refractivity contribution in [1.29, 1.82) is 0 Å². The van der Waals surface area contributed by atoms with Gasteiger partial charge in [-0.2, -0.15) is 0 Å². The minimum Gasteiger partial charge on any atom is -0.438 e. The van der Waals surface area contributed by atoms with E-state index in [1.54, 1.807) is 11.3 Å². The van der Waals surface area contributed by atoms with Gasteiger partial charge in [0.05, 0.1) is 17.6 Å². The molecule has 0 spiro atoms. The molecular formula is C12H14N2OS. The van der Waals surface area contributed by atoms with Crippen LogP contribution in [0.15, 0.2) is 22.7 Å². The van der Waals surface area contributed by atoms with Gasteiger partial charge in [0.1, 0.15) is 0 Å². The zero-order chi connectivity index (χ0) is 11.0. The molecule has 0 atom stereocenters. The standard InChI is InChI=1S/C12H14N2OS/c1-8-2-5-11(16-8)10-6-14-12(15-10)7-13-9-3-4-9/h2,5-6,9,13H,3-4,7H2,1H3. The van der Waals surface area contributed by atoms with Crippen molar-refractivity contribution >= 4 is 11.3 Å². The van der Waals surface area contributed by atoms with Crippen LogP contribution in [0.4, 0.5) is 0 Å². The Morgan fingerprint density at radius 1 is 1.50 bits per heavy atom. The van der Waals surface area contributed by atoms with E-state index in [-0.39, 0.29) is 0 Å². The van der Waals surface area contributed by atoms with Crippen molar-refractivity contribution in [2.45, 2.75) is 32.4 Å². The van der Waals surface area contributed by atoms with Gasteiger partial charge >= 0.3 is 0 Å². The molecule has 0 bridgehead atoms. The Hall–Kier alpha value is -1.13. The van der Waals surface area contributed by atoms with Gasteiger partial charge in [-0.3, -0.25) is 0 Å². The predicted octanol–water partition coefficient (Wildman–Crippen LogP) is 2.96. The van der Waals surface area contributed by atoms with E-state index < -0.39 is 0 Å². The number of nitrogens with zero attached hydrogens (tertiary/aromatic N) is 1. The van der Waals surface area contributed by atoms with Crippen LogP contribution in [-0.4, -0.2) is 11.0 Å². The molecule has 0 amide bonds. The van der Waals surface area contributed by atoms with E-state index in [1.807, 2.05) is 6.20 Å². The summed E-state index contributed by atoms with van der Waals surface area (Å²) in [5.74, 6) is 1.67. The highest BCUT2D eigenvalue weighted by Gasteiger charge is 2.21. The van der Waals surface area contributed by atoms with Crippen LogP contribution in [-0.2, 0) is 6.54 Å². The van der Waals surface area contributed by atoms with Crippen LogP contribution in [0.5, 0.6) is 0 Å². The van der Waals surface area contributed by atoms with Crippen molar-refractivity contribution in [2.24, 2.45) is 0 Å². The van der Waals surface area contributed by atoms with Gasteiger partial charge in [-0.05, 0) is 31.9 Å². The largest absolute Gasteiger partial charge is 0.438 e. The minimum absolute atomic E-state index is 0.694. The molecule has 2 aromatic rings. The normalized spacial score (nSPS) is 15.6. The Labute approximate surface area is 98.5 Å². The number of aromatic nitrogens is 1. The number of rotatable bonds is 4. The molecule has 1 N–H and O–H groups in total. The summed E-state index contributed by atoms with van der Waals surface area (Å²) < 4.78 is 5.70. The first-order valence-electron chi connectivity index (χ1n) is 5.56. The van der Waals surface area contributed by atoms with Gasteiger partial charge in [0.15, 0.2) is 5.76 Å². The summed E-state index contributed by atoms with van der Waals surface area (Å²) in [5, 5.41) is 3.39. The van der Waals surface area contributed by atoms with Gasteiger partial charge in [0.2, 0.25) is 5.89 Å². The van der Waals surface area contributed by atoms with Crippen molar-refractivity contribution in [3.63, 3.8) is 0 Å². The molecule has 0 aromatic carbocycles. The quantitative estimate of drug-likeness (QED) is 0.883. The second-order valence-corrected chi connectivity index (χ2v) is 5.47. The van der Waals surface area contributed by atoms with Gasteiger partial charge in [-0.25, -0.2) is 4.98 Å². The van der Waals surface area contributed by atoms with E-state index in [2.05, 4.69) is 29.4 Å². The highest BCUT2D eigenvalue weighted by molar-refractivity contribution is 7.15.